The van der Waals surface area contributed by atoms with Gasteiger partial charge in [0.15, 0.2) is 0 Å². The molecule has 2 atom stereocenters. The number of hydrogen-bond acceptors (Lipinski definition) is 3. The van der Waals surface area contributed by atoms with Crippen LogP contribution in [0.15, 0.2) is 23.1 Å². The molecule has 2 rings (SSSR count). The Balaban J connectivity index is 2.08. The first-order valence-electron chi connectivity index (χ1n) is 7.20. The minimum atomic E-state index is -0.175. The van der Waals surface area contributed by atoms with Gasteiger partial charge in [-0.3, -0.25) is 9.59 Å². The minimum Gasteiger partial charge on any atom is -0.396 e. The van der Waals surface area contributed by atoms with Crippen molar-refractivity contribution >= 4 is 5.91 Å². The van der Waals surface area contributed by atoms with Gasteiger partial charge in [-0.2, -0.15) is 0 Å². The zero-order valence-corrected chi connectivity index (χ0v) is 11.8. The Morgan fingerprint density at radius 1 is 1.35 bits per heavy atom. The van der Waals surface area contributed by atoms with Crippen LogP contribution >= 0.6 is 0 Å². The maximum Gasteiger partial charge on any atom is 0.252 e. The van der Waals surface area contributed by atoms with Gasteiger partial charge in [0.1, 0.15) is 0 Å². The van der Waals surface area contributed by atoms with E-state index in [-0.39, 0.29) is 30.0 Å². The van der Waals surface area contributed by atoms with Crippen LogP contribution in [0.5, 0.6) is 0 Å². The van der Waals surface area contributed by atoms with Gasteiger partial charge in [-0.05, 0) is 18.9 Å². The Bertz CT molecular complexity index is 524. The fourth-order valence-corrected chi connectivity index (χ4v) is 2.77. The zero-order chi connectivity index (χ0) is 14.5. The van der Waals surface area contributed by atoms with Crippen LogP contribution in [-0.4, -0.2) is 28.2 Å². The molecule has 1 aliphatic rings. The molecule has 1 heterocycles. The highest BCUT2D eigenvalue weighted by Crippen LogP contribution is 2.23. The van der Waals surface area contributed by atoms with E-state index in [4.69, 9.17) is 0 Å². The smallest absolute Gasteiger partial charge is 0.252 e. The number of aryl methyl sites for hydroxylation is 1. The number of nitrogens with zero attached hydrogens (tertiary/aromatic N) is 1. The third-order valence-electron chi connectivity index (χ3n) is 4.06. The van der Waals surface area contributed by atoms with Crippen molar-refractivity contribution in [3.63, 3.8) is 0 Å². The van der Waals surface area contributed by atoms with Gasteiger partial charge in [0, 0.05) is 37.9 Å². The summed E-state index contributed by atoms with van der Waals surface area (Å²) < 4.78 is 1.39. The molecule has 5 nitrogen and oxygen atoms in total. The van der Waals surface area contributed by atoms with Crippen LogP contribution in [0.3, 0.4) is 0 Å². The number of nitrogens with one attached hydrogen (secondary N) is 1. The highest BCUT2D eigenvalue weighted by molar-refractivity contribution is 5.94. The normalized spacial score (nSPS) is 23.1. The molecule has 20 heavy (non-hydrogen) atoms. The molecule has 110 valence electrons. The summed E-state index contributed by atoms with van der Waals surface area (Å²) in [6.45, 7) is 0.109. The Kier molecular flexibility index (Phi) is 4.95. The number of aliphatic hydroxyl groups excluding tert-OH is 1. The van der Waals surface area contributed by atoms with Gasteiger partial charge in [-0.15, -0.1) is 0 Å². The maximum atomic E-state index is 12.2. The van der Waals surface area contributed by atoms with Gasteiger partial charge >= 0.3 is 0 Å². The van der Waals surface area contributed by atoms with Gasteiger partial charge in [-0.1, -0.05) is 19.3 Å². The largest absolute Gasteiger partial charge is 0.396 e. The number of aliphatic hydroxyl groups is 1. The molecule has 1 saturated carbocycles. The monoisotopic (exact) mass is 278 g/mol. The second kappa shape index (κ2) is 6.70. The van der Waals surface area contributed by atoms with Crippen molar-refractivity contribution in [2.24, 2.45) is 13.0 Å². The lowest BCUT2D eigenvalue weighted by Gasteiger charge is -2.24. The first-order chi connectivity index (χ1) is 9.61. The van der Waals surface area contributed by atoms with E-state index >= 15 is 0 Å². The number of rotatable bonds is 3. The molecular formula is C15H22N2O3. The summed E-state index contributed by atoms with van der Waals surface area (Å²) in [5, 5.41) is 12.5. The number of carbonyl (C=O) groups is 1. The lowest BCUT2D eigenvalue weighted by Crippen LogP contribution is -2.41. The lowest BCUT2D eigenvalue weighted by molar-refractivity contribution is 0.0898. The van der Waals surface area contributed by atoms with Gasteiger partial charge in [0.2, 0.25) is 5.56 Å². The molecule has 1 fully saturated rings. The predicted molar refractivity (Wildman–Crippen MR) is 76.6 cm³/mol. The van der Waals surface area contributed by atoms with E-state index in [2.05, 4.69) is 5.32 Å². The summed E-state index contributed by atoms with van der Waals surface area (Å²) in [4.78, 5) is 23.6. The molecule has 5 heteroatoms. The predicted octanol–water partition coefficient (Wildman–Crippen LogP) is 1.06. The first kappa shape index (κ1) is 14.8. The topological polar surface area (TPSA) is 71.3 Å². The first-order valence-corrected chi connectivity index (χ1v) is 7.20. The molecule has 1 aliphatic carbocycles. The molecule has 1 aromatic rings. The van der Waals surface area contributed by atoms with Crippen LogP contribution in [0, 0.1) is 5.92 Å². The summed E-state index contributed by atoms with van der Waals surface area (Å²) >= 11 is 0. The Hall–Kier alpha value is -1.62. The molecule has 0 spiro atoms. The third kappa shape index (κ3) is 3.48. The standard InChI is InChI=1S/C15H22N2O3/c1-17-9-11(7-8-14(17)19)15(20)16-13-6-4-2-3-5-12(13)10-18/h7-9,12-13,18H,2-6,10H2,1H3,(H,16,20). The van der Waals surface area contributed by atoms with E-state index in [0.29, 0.717) is 5.56 Å². The zero-order valence-electron chi connectivity index (χ0n) is 11.8. The molecule has 0 aliphatic heterocycles. The Labute approximate surface area is 118 Å². The fourth-order valence-electron chi connectivity index (χ4n) is 2.77. The Morgan fingerprint density at radius 3 is 2.80 bits per heavy atom. The number of amides is 1. The molecule has 0 radical (unpaired) electrons. The number of carbonyl (C=O) groups excluding carboxylic acids is 1. The maximum absolute atomic E-state index is 12.2. The fraction of sp³-hybridized carbons (Fsp3) is 0.600. The highest BCUT2D eigenvalue weighted by atomic mass is 16.3. The number of aromatic nitrogens is 1. The molecule has 0 bridgehead atoms. The summed E-state index contributed by atoms with van der Waals surface area (Å²) in [5.74, 6) is -0.0417. The van der Waals surface area contributed by atoms with Crippen LogP contribution in [0.4, 0.5) is 0 Å². The van der Waals surface area contributed by atoms with E-state index in [1.165, 1.54) is 10.6 Å². The molecule has 0 saturated heterocycles. The summed E-state index contributed by atoms with van der Waals surface area (Å²) in [5.41, 5.74) is 0.345. The van der Waals surface area contributed by atoms with Crippen molar-refractivity contribution in [1.29, 1.82) is 0 Å². The molecule has 2 N–H and O–H groups in total. The average Bonchev–Trinajstić information content (AvgIpc) is 2.66. The van der Waals surface area contributed by atoms with E-state index in [1.807, 2.05) is 0 Å². The van der Waals surface area contributed by atoms with Crippen molar-refractivity contribution in [1.82, 2.24) is 9.88 Å². The van der Waals surface area contributed by atoms with Gasteiger partial charge in [0.25, 0.3) is 5.91 Å². The van der Waals surface area contributed by atoms with Crippen LogP contribution < -0.4 is 10.9 Å². The van der Waals surface area contributed by atoms with Gasteiger partial charge < -0.3 is 15.0 Å². The lowest BCUT2D eigenvalue weighted by atomic mass is 9.95. The van der Waals surface area contributed by atoms with E-state index < -0.39 is 0 Å². The molecule has 1 amide bonds. The molecule has 2 unspecified atom stereocenters. The Morgan fingerprint density at radius 2 is 2.10 bits per heavy atom. The van der Waals surface area contributed by atoms with E-state index in [0.717, 1.165) is 32.1 Å². The van der Waals surface area contributed by atoms with Crippen LogP contribution in [0.2, 0.25) is 0 Å². The van der Waals surface area contributed by atoms with E-state index in [9.17, 15) is 14.7 Å². The van der Waals surface area contributed by atoms with Gasteiger partial charge in [0.05, 0.1) is 5.56 Å². The van der Waals surface area contributed by atoms with Crippen molar-refractivity contribution in [3.05, 3.63) is 34.2 Å². The van der Waals surface area contributed by atoms with Crippen LogP contribution in [0.1, 0.15) is 42.5 Å². The van der Waals surface area contributed by atoms with Crippen LogP contribution in [0.25, 0.3) is 0 Å². The summed E-state index contributed by atoms with van der Waals surface area (Å²) in [6.07, 6.45) is 6.74. The van der Waals surface area contributed by atoms with Crippen molar-refractivity contribution in [3.8, 4) is 0 Å². The number of hydrogen-bond donors (Lipinski definition) is 2. The van der Waals surface area contributed by atoms with Gasteiger partial charge in [-0.25, -0.2) is 0 Å². The van der Waals surface area contributed by atoms with E-state index in [1.54, 1.807) is 19.3 Å². The third-order valence-corrected chi connectivity index (χ3v) is 4.06. The quantitative estimate of drug-likeness (QED) is 0.812. The minimum absolute atomic E-state index is 0.0206. The second-order valence-electron chi connectivity index (χ2n) is 5.53. The summed E-state index contributed by atoms with van der Waals surface area (Å²) in [7, 11) is 1.63. The second-order valence-corrected chi connectivity index (χ2v) is 5.53. The van der Waals surface area contributed by atoms with Crippen molar-refractivity contribution < 1.29 is 9.90 Å². The average molecular weight is 278 g/mol. The molecule has 1 aromatic heterocycles. The molecular weight excluding hydrogens is 256 g/mol. The van der Waals surface area contributed by atoms with Crippen molar-refractivity contribution in [2.45, 2.75) is 38.1 Å². The highest BCUT2D eigenvalue weighted by Gasteiger charge is 2.24. The SMILES string of the molecule is Cn1cc(C(=O)NC2CCCCCC2CO)ccc1=O. The number of pyridine rings is 1. The van der Waals surface area contributed by atoms with Crippen LogP contribution in [-0.2, 0) is 7.05 Å². The molecule has 0 aromatic carbocycles. The van der Waals surface area contributed by atoms with Crippen molar-refractivity contribution in [2.75, 3.05) is 6.61 Å². The summed E-state index contributed by atoms with van der Waals surface area (Å²) in [6, 6.07) is 2.96.